The molecule has 1 saturated heterocycles. The molecule has 16 heavy (non-hydrogen) atoms. The van der Waals surface area contributed by atoms with Gasteiger partial charge in [0.2, 0.25) is 5.91 Å². The smallest absolute Gasteiger partial charge is 0.229 e. The summed E-state index contributed by atoms with van der Waals surface area (Å²) >= 11 is 5.04. The predicted octanol–water partition coefficient (Wildman–Crippen LogP) is 1.34. The number of aryl methyl sites for hydroxylation is 1. The van der Waals surface area contributed by atoms with Gasteiger partial charge in [0.25, 0.3) is 0 Å². The van der Waals surface area contributed by atoms with Crippen LogP contribution < -0.4 is 5.32 Å². The number of nitrogens with zero attached hydrogens (tertiary/aromatic N) is 1. The second kappa shape index (κ2) is 5.07. The summed E-state index contributed by atoms with van der Waals surface area (Å²) in [6, 6.07) is 10.0. The van der Waals surface area contributed by atoms with Crippen LogP contribution in [0.4, 0.5) is 0 Å². The number of benzene rings is 1. The van der Waals surface area contributed by atoms with Gasteiger partial charge in [-0.3, -0.25) is 9.69 Å². The monoisotopic (exact) mass is 234 g/mol. The van der Waals surface area contributed by atoms with Gasteiger partial charge in [0.15, 0.2) is 5.11 Å². The second-order valence-corrected chi connectivity index (χ2v) is 4.15. The quantitative estimate of drug-likeness (QED) is 0.801. The molecule has 1 N–H and O–H groups in total. The van der Waals surface area contributed by atoms with Gasteiger partial charge in [-0.15, -0.1) is 0 Å². The average Bonchev–Trinajstić information content (AvgIpc) is 2.74. The third-order valence-electron chi connectivity index (χ3n) is 2.63. The van der Waals surface area contributed by atoms with E-state index in [1.807, 2.05) is 30.3 Å². The highest BCUT2D eigenvalue weighted by Gasteiger charge is 2.22. The maximum atomic E-state index is 11.8. The lowest BCUT2D eigenvalue weighted by Gasteiger charge is -2.14. The normalized spacial score (nSPS) is 15.0. The molecule has 2 rings (SSSR count). The molecule has 1 aromatic rings. The Bertz CT molecular complexity index is 391. The van der Waals surface area contributed by atoms with E-state index in [-0.39, 0.29) is 5.91 Å². The van der Waals surface area contributed by atoms with E-state index >= 15 is 0 Å². The minimum absolute atomic E-state index is 0.110. The number of rotatable bonds is 3. The zero-order valence-electron chi connectivity index (χ0n) is 8.98. The third-order valence-corrected chi connectivity index (χ3v) is 2.99. The van der Waals surface area contributed by atoms with Crippen molar-refractivity contribution >= 4 is 23.2 Å². The zero-order valence-corrected chi connectivity index (χ0v) is 9.80. The Kier molecular flexibility index (Phi) is 3.51. The fourth-order valence-electron chi connectivity index (χ4n) is 1.74. The Morgan fingerprint density at radius 2 is 2.12 bits per heavy atom. The first-order valence-corrected chi connectivity index (χ1v) is 5.80. The molecule has 84 valence electrons. The van der Waals surface area contributed by atoms with Crippen molar-refractivity contribution in [3.63, 3.8) is 0 Å². The van der Waals surface area contributed by atoms with E-state index in [4.69, 9.17) is 12.2 Å². The molecular formula is C12H14N2OS. The second-order valence-electron chi connectivity index (χ2n) is 3.76. The molecule has 0 atom stereocenters. The summed E-state index contributed by atoms with van der Waals surface area (Å²) in [5.74, 6) is 0.110. The van der Waals surface area contributed by atoms with Crippen molar-refractivity contribution in [2.75, 3.05) is 13.1 Å². The highest BCUT2D eigenvalue weighted by Crippen LogP contribution is 2.06. The number of thiocarbonyl (C=S) groups is 1. The topological polar surface area (TPSA) is 32.3 Å². The van der Waals surface area contributed by atoms with Crippen LogP contribution >= 0.6 is 12.2 Å². The van der Waals surface area contributed by atoms with E-state index in [9.17, 15) is 4.79 Å². The predicted molar refractivity (Wildman–Crippen MR) is 67.1 cm³/mol. The molecule has 1 fully saturated rings. The molecule has 1 aromatic carbocycles. The minimum atomic E-state index is 0.110. The highest BCUT2D eigenvalue weighted by molar-refractivity contribution is 7.80. The van der Waals surface area contributed by atoms with Gasteiger partial charge in [-0.2, -0.15) is 0 Å². The highest BCUT2D eigenvalue weighted by atomic mass is 32.1. The van der Waals surface area contributed by atoms with Crippen LogP contribution in [-0.4, -0.2) is 29.0 Å². The Balaban J connectivity index is 1.86. The van der Waals surface area contributed by atoms with Gasteiger partial charge in [0, 0.05) is 19.5 Å². The molecule has 1 amide bonds. The summed E-state index contributed by atoms with van der Waals surface area (Å²) < 4.78 is 0. The molecule has 0 unspecified atom stereocenters. The van der Waals surface area contributed by atoms with E-state index in [2.05, 4.69) is 5.32 Å². The van der Waals surface area contributed by atoms with Crippen molar-refractivity contribution < 1.29 is 4.79 Å². The fraction of sp³-hybridized carbons (Fsp3) is 0.333. The molecule has 4 heteroatoms. The maximum absolute atomic E-state index is 11.8. The van der Waals surface area contributed by atoms with Gasteiger partial charge < -0.3 is 5.32 Å². The summed E-state index contributed by atoms with van der Waals surface area (Å²) in [6.07, 6.45) is 1.30. The molecule has 0 spiro atoms. The van der Waals surface area contributed by atoms with Crippen LogP contribution in [-0.2, 0) is 11.2 Å². The van der Waals surface area contributed by atoms with Crippen molar-refractivity contribution in [2.24, 2.45) is 0 Å². The number of carbonyl (C=O) groups is 1. The molecule has 1 aliphatic rings. The van der Waals surface area contributed by atoms with Crippen LogP contribution in [0, 0.1) is 0 Å². The Labute approximate surface area is 100 Å². The largest absolute Gasteiger partial charge is 0.360 e. The number of amides is 1. The van der Waals surface area contributed by atoms with Crippen molar-refractivity contribution in [1.82, 2.24) is 10.2 Å². The van der Waals surface area contributed by atoms with Crippen LogP contribution in [0.15, 0.2) is 30.3 Å². The first kappa shape index (κ1) is 11.1. The van der Waals surface area contributed by atoms with Gasteiger partial charge in [-0.25, -0.2) is 0 Å². The molecule has 1 heterocycles. The molecule has 0 radical (unpaired) electrons. The molecule has 0 aliphatic carbocycles. The first-order valence-electron chi connectivity index (χ1n) is 5.39. The van der Waals surface area contributed by atoms with Crippen molar-refractivity contribution in [1.29, 1.82) is 0 Å². The first-order chi connectivity index (χ1) is 7.77. The van der Waals surface area contributed by atoms with Gasteiger partial charge in [0.1, 0.15) is 0 Å². The summed E-state index contributed by atoms with van der Waals surface area (Å²) in [4.78, 5) is 13.5. The average molecular weight is 234 g/mol. The van der Waals surface area contributed by atoms with Gasteiger partial charge in [-0.05, 0) is 24.2 Å². The van der Waals surface area contributed by atoms with Gasteiger partial charge in [-0.1, -0.05) is 30.3 Å². The van der Waals surface area contributed by atoms with Crippen LogP contribution in [0.5, 0.6) is 0 Å². The van der Waals surface area contributed by atoms with E-state index in [1.165, 1.54) is 5.56 Å². The van der Waals surface area contributed by atoms with Gasteiger partial charge in [0.05, 0.1) is 0 Å². The molecule has 0 bridgehead atoms. The Hall–Kier alpha value is -1.42. The fourth-order valence-corrected chi connectivity index (χ4v) is 2.04. The summed E-state index contributed by atoms with van der Waals surface area (Å²) in [5, 5.41) is 3.55. The van der Waals surface area contributed by atoms with Crippen molar-refractivity contribution in [3.8, 4) is 0 Å². The van der Waals surface area contributed by atoms with Crippen LogP contribution in [0.3, 0.4) is 0 Å². The molecule has 1 aliphatic heterocycles. The van der Waals surface area contributed by atoms with Crippen LogP contribution in [0.2, 0.25) is 0 Å². The van der Waals surface area contributed by atoms with Crippen LogP contribution in [0.25, 0.3) is 0 Å². The minimum Gasteiger partial charge on any atom is -0.360 e. The summed E-state index contributed by atoms with van der Waals surface area (Å²) in [5.41, 5.74) is 1.19. The van der Waals surface area contributed by atoms with Crippen molar-refractivity contribution in [3.05, 3.63) is 35.9 Å². The number of hydrogen-bond donors (Lipinski definition) is 1. The molecule has 3 nitrogen and oxygen atoms in total. The van der Waals surface area contributed by atoms with E-state index in [1.54, 1.807) is 4.90 Å². The number of hydrogen-bond acceptors (Lipinski definition) is 2. The number of carbonyl (C=O) groups excluding carboxylic acids is 1. The lowest BCUT2D eigenvalue weighted by atomic mass is 10.1. The lowest BCUT2D eigenvalue weighted by molar-refractivity contribution is -0.126. The summed E-state index contributed by atoms with van der Waals surface area (Å²) in [7, 11) is 0. The Morgan fingerprint density at radius 3 is 2.75 bits per heavy atom. The SMILES string of the molecule is O=C(CCc1ccccc1)N1CCNC1=S. The third kappa shape index (κ3) is 2.58. The zero-order chi connectivity index (χ0) is 11.4. The number of nitrogens with one attached hydrogen (secondary N) is 1. The van der Waals surface area contributed by atoms with Crippen LogP contribution in [0.1, 0.15) is 12.0 Å². The summed E-state index contributed by atoms with van der Waals surface area (Å²) in [6.45, 7) is 1.47. The van der Waals surface area contributed by atoms with E-state index < -0.39 is 0 Å². The molecule has 0 aromatic heterocycles. The maximum Gasteiger partial charge on any atom is 0.229 e. The lowest BCUT2D eigenvalue weighted by Crippen LogP contribution is -2.34. The van der Waals surface area contributed by atoms with E-state index in [0.29, 0.717) is 18.1 Å². The standard InChI is InChI=1S/C12H14N2OS/c15-11(14-9-8-13-12(14)16)7-6-10-4-2-1-3-5-10/h1-5H,6-9H2,(H,13,16). The Morgan fingerprint density at radius 1 is 1.38 bits per heavy atom. The van der Waals surface area contributed by atoms with Crippen molar-refractivity contribution in [2.45, 2.75) is 12.8 Å². The molecular weight excluding hydrogens is 220 g/mol. The van der Waals surface area contributed by atoms with Gasteiger partial charge >= 0.3 is 0 Å². The molecule has 0 saturated carbocycles. The van der Waals surface area contributed by atoms with E-state index in [0.717, 1.165) is 13.0 Å².